The first kappa shape index (κ1) is 15.1. The third-order valence-electron chi connectivity index (χ3n) is 3.97. The lowest BCUT2D eigenvalue weighted by atomic mass is 9.94. The number of rotatable bonds is 3. The van der Waals surface area contributed by atoms with Crippen molar-refractivity contribution in [2.45, 2.75) is 19.1 Å². The molecule has 0 aliphatic carbocycles. The molecule has 1 aromatic heterocycles. The molecule has 2 aromatic rings. The smallest absolute Gasteiger partial charge is 0.317 e. The van der Waals surface area contributed by atoms with E-state index >= 15 is 0 Å². The Morgan fingerprint density at radius 3 is 2.91 bits per heavy atom. The number of nitrogens with one attached hydrogen (secondary N) is 1. The second-order valence-corrected chi connectivity index (χ2v) is 6.44. The maximum Gasteiger partial charge on any atom is 0.317 e. The first-order valence-corrected chi connectivity index (χ1v) is 8.35. The molecule has 116 valence electrons. The van der Waals surface area contributed by atoms with Gasteiger partial charge in [-0.1, -0.05) is 30.3 Å². The fraction of sp³-hybridized carbons (Fsp3) is 0.353. The first-order valence-electron chi connectivity index (χ1n) is 7.41. The van der Waals surface area contributed by atoms with Gasteiger partial charge in [0.05, 0.1) is 13.2 Å². The molecule has 1 atom stereocenters. The fourth-order valence-electron chi connectivity index (χ4n) is 2.69. The number of benzene rings is 1. The molecule has 4 nitrogen and oxygen atoms in total. The number of thiophene rings is 1. The number of urea groups is 1. The number of nitrogens with zero attached hydrogens (tertiary/aromatic N) is 1. The van der Waals surface area contributed by atoms with Crippen LogP contribution in [0.15, 0.2) is 47.2 Å². The standard InChI is InChI=1S/C17H20N2O2S/c1-17(15-5-3-2-4-6-15)13-19(8-9-21-17)16(20)18-11-14-7-10-22-12-14/h2-7,10,12H,8-9,11,13H2,1H3,(H,18,20)/t17-/m0/s1. The van der Waals surface area contributed by atoms with Crippen LogP contribution in [0.3, 0.4) is 0 Å². The van der Waals surface area contributed by atoms with E-state index < -0.39 is 5.60 Å². The molecular weight excluding hydrogens is 296 g/mol. The van der Waals surface area contributed by atoms with Crippen molar-refractivity contribution in [3.05, 3.63) is 58.3 Å². The van der Waals surface area contributed by atoms with Gasteiger partial charge in [-0.25, -0.2) is 4.79 Å². The predicted molar refractivity (Wildman–Crippen MR) is 87.9 cm³/mol. The summed E-state index contributed by atoms with van der Waals surface area (Å²) in [6, 6.07) is 12.1. The Morgan fingerprint density at radius 1 is 1.36 bits per heavy atom. The van der Waals surface area contributed by atoms with E-state index in [1.807, 2.05) is 59.0 Å². The van der Waals surface area contributed by atoms with Gasteiger partial charge in [-0.05, 0) is 34.9 Å². The molecule has 1 saturated heterocycles. The van der Waals surface area contributed by atoms with E-state index in [0.29, 0.717) is 26.2 Å². The minimum absolute atomic E-state index is 0.0309. The Morgan fingerprint density at radius 2 is 2.18 bits per heavy atom. The van der Waals surface area contributed by atoms with E-state index in [-0.39, 0.29) is 6.03 Å². The molecule has 2 heterocycles. The van der Waals surface area contributed by atoms with Gasteiger partial charge in [-0.15, -0.1) is 0 Å². The summed E-state index contributed by atoms with van der Waals surface area (Å²) >= 11 is 1.64. The van der Waals surface area contributed by atoms with Crippen LogP contribution in [-0.4, -0.2) is 30.6 Å². The summed E-state index contributed by atoms with van der Waals surface area (Å²) in [5, 5.41) is 7.05. The Bertz CT molecular complexity index is 615. The zero-order valence-corrected chi connectivity index (χ0v) is 13.4. The summed E-state index contributed by atoms with van der Waals surface area (Å²) in [6.07, 6.45) is 0. The van der Waals surface area contributed by atoms with Crippen molar-refractivity contribution in [2.24, 2.45) is 0 Å². The largest absolute Gasteiger partial charge is 0.367 e. The summed E-state index contributed by atoms with van der Waals surface area (Å²) in [5.41, 5.74) is 1.79. The minimum Gasteiger partial charge on any atom is -0.367 e. The van der Waals surface area contributed by atoms with E-state index in [9.17, 15) is 4.79 Å². The van der Waals surface area contributed by atoms with Crippen molar-refractivity contribution in [1.82, 2.24) is 10.2 Å². The molecule has 3 rings (SSSR count). The van der Waals surface area contributed by atoms with E-state index in [0.717, 1.165) is 11.1 Å². The molecule has 0 spiro atoms. The van der Waals surface area contributed by atoms with Crippen LogP contribution < -0.4 is 5.32 Å². The summed E-state index contributed by atoms with van der Waals surface area (Å²) in [4.78, 5) is 14.2. The van der Waals surface area contributed by atoms with Gasteiger partial charge in [-0.3, -0.25) is 0 Å². The van der Waals surface area contributed by atoms with E-state index in [2.05, 4.69) is 5.32 Å². The van der Waals surface area contributed by atoms with Crippen molar-refractivity contribution in [1.29, 1.82) is 0 Å². The lowest BCUT2D eigenvalue weighted by Gasteiger charge is -2.40. The van der Waals surface area contributed by atoms with Crippen LogP contribution in [0.5, 0.6) is 0 Å². The van der Waals surface area contributed by atoms with Crippen molar-refractivity contribution in [3.8, 4) is 0 Å². The molecule has 1 N–H and O–H groups in total. The second-order valence-electron chi connectivity index (χ2n) is 5.66. The third-order valence-corrected chi connectivity index (χ3v) is 4.70. The van der Waals surface area contributed by atoms with Gasteiger partial charge >= 0.3 is 6.03 Å². The Labute approximate surface area is 134 Å². The van der Waals surface area contributed by atoms with Crippen molar-refractivity contribution < 1.29 is 9.53 Å². The Balaban J connectivity index is 1.63. The van der Waals surface area contributed by atoms with Crippen LogP contribution in [0.2, 0.25) is 0 Å². The molecule has 5 heteroatoms. The topological polar surface area (TPSA) is 41.6 Å². The summed E-state index contributed by atoms with van der Waals surface area (Å²) in [7, 11) is 0. The predicted octanol–water partition coefficient (Wildman–Crippen LogP) is 3.21. The zero-order chi connectivity index (χ0) is 15.4. The molecule has 0 radical (unpaired) electrons. The number of morpholine rings is 1. The Kier molecular flexibility index (Phi) is 4.45. The average molecular weight is 316 g/mol. The molecule has 0 bridgehead atoms. The van der Waals surface area contributed by atoms with Gasteiger partial charge in [0.25, 0.3) is 0 Å². The van der Waals surface area contributed by atoms with Crippen molar-refractivity contribution in [2.75, 3.05) is 19.7 Å². The lowest BCUT2D eigenvalue weighted by molar-refractivity contribution is -0.0906. The molecule has 0 unspecified atom stereocenters. The van der Waals surface area contributed by atoms with Crippen LogP contribution in [-0.2, 0) is 16.9 Å². The SMILES string of the molecule is C[C@@]1(c2ccccc2)CN(C(=O)NCc2ccsc2)CCO1. The van der Waals surface area contributed by atoms with Crippen LogP contribution in [0.25, 0.3) is 0 Å². The maximum absolute atomic E-state index is 12.4. The molecular formula is C17H20N2O2S. The molecule has 0 saturated carbocycles. The molecule has 2 amide bonds. The molecule has 1 aliphatic heterocycles. The van der Waals surface area contributed by atoms with Crippen molar-refractivity contribution >= 4 is 17.4 Å². The second kappa shape index (κ2) is 6.50. The van der Waals surface area contributed by atoms with Gasteiger partial charge in [0, 0.05) is 13.1 Å². The molecule has 1 aromatic carbocycles. The highest BCUT2D eigenvalue weighted by Gasteiger charge is 2.35. The normalized spacial score (nSPS) is 21.6. The van der Waals surface area contributed by atoms with Gasteiger partial charge in [0.2, 0.25) is 0 Å². The highest BCUT2D eigenvalue weighted by molar-refractivity contribution is 7.07. The lowest BCUT2D eigenvalue weighted by Crippen LogP contribution is -2.53. The molecule has 1 fully saturated rings. The van der Waals surface area contributed by atoms with Gasteiger partial charge < -0.3 is 15.0 Å². The number of carbonyl (C=O) groups excluding carboxylic acids is 1. The zero-order valence-electron chi connectivity index (χ0n) is 12.6. The molecule has 1 aliphatic rings. The molecule has 22 heavy (non-hydrogen) atoms. The Hall–Kier alpha value is -1.85. The summed E-state index contributed by atoms with van der Waals surface area (Å²) < 4.78 is 5.96. The van der Waals surface area contributed by atoms with E-state index in [4.69, 9.17) is 4.74 Å². The van der Waals surface area contributed by atoms with Crippen LogP contribution in [0.1, 0.15) is 18.1 Å². The number of carbonyl (C=O) groups is 1. The van der Waals surface area contributed by atoms with Crippen LogP contribution in [0, 0.1) is 0 Å². The number of ether oxygens (including phenoxy) is 1. The minimum atomic E-state index is -0.445. The number of hydrogen-bond acceptors (Lipinski definition) is 3. The monoisotopic (exact) mass is 316 g/mol. The first-order chi connectivity index (χ1) is 10.7. The summed E-state index contributed by atoms with van der Waals surface area (Å²) in [5.74, 6) is 0. The van der Waals surface area contributed by atoms with Crippen LogP contribution in [0.4, 0.5) is 4.79 Å². The van der Waals surface area contributed by atoms with E-state index in [1.165, 1.54) is 0 Å². The van der Waals surface area contributed by atoms with Gasteiger partial charge in [0.15, 0.2) is 0 Å². The summed E-state index contributed by atoms with van der Waals surface area (Å²) in [6.45, 7) is 4.35. The highest BCUT2D eigenvalue weighted by Crippen LogP contribution is 2.29. The highest BCUT2D eigenvalue weighted by atomic mass is 32.1. The van der Waals surface area contributed by atoms with E-state index in [1.54, 1.807) is 11.3 Å². The van der Waals surface area contributed by atoms with Gasteiger partial charge in [0.1, 0.15) is 5.60 Å². The van der Waals surface area contributed by atoms with Gasteiger partial charge in [-0.2, -0.15) is 11.3 Å². The van der Waals surface area contributed by atoms with Crippen LogP contribution >= 0.6 is 11.3 Å². The maximum atomic E-state index is 12.4. The third kappa shape index (κ3) is 3.31. The number of hydrogen-bond donors (Lipinski definition) is 1. The number of amides is 2. The average Bonchev–Trinajstić information content (AvgIpc) is 3.07. The fourth-order valence-corrected chi connectivity index (χ4v) is 3.36. The van der Waals surface area contributed by atoms with Crippen molar-refractivity contribution in [3.63, 3.8) is 0 Å². The quantitative estimate of drug-likeness (QED) is 0.945.